The molecular weight excluding hydrogens is 360 g/mol. The number of hydrogen-bond acceptors (Lipinski definition) is 5. The van der Waals surface area contributed by atoms with E-state index in [1.165, 1.54) is 4.88 Å². The zero-order valence-corrected chi connectivity index (χ0v) is 15.6. The molecule has 0 atom stereocenters. The second-order valence-electron chi connectivity index (χ2n) is 5.36. The first-order chi connectivity index (χ1) is 11.7. The molecule has 0 unspecified atom stereocenters. The number of nitrogens with zero attached hydrogens (tertiary/aromatic N) is 2. The Morgan fingerprint density at radius 3 is 3.00 bits per heavy atom. The van der Waals surface area contributed by atoms with E-state index in [1.807, 2.05) is 11.4 Å². The van der Waals surface area contributed by atoms with E-state index in [0.717, 1.165) is 28.0 Å². The van der Waals surface area contributed by atoms with E-state index in [2.05, 4.69) is 46.3 Å². The number of rotatable bonds is 5. The van der Waals surface area contributed by atoms with Gasteiger partial charge in [-0.2, -0.15) is 0 Å². The van der Waals surface area contributed by atoms with Crippen LogP contribution >= 0.6 is 34.3 Å². The fourth-order valence-electron chi connectivity index (χ4n) is 2.38. The van der Waals surface area contributed by atoms with Gasteiger partial charge in [-0.1, -0.05) is 29.5 Å². The Balaban J connectivity index is 1.93. The highest BCUT2D eigenvalue weighted by atomic mass is 35.5. The van der Waals surface area contributed by atoms with Gasteiger partial charge in [0.05, 0.1) is 22.5 Å². The number of thiophene rings is 2. The summed E-state index contributed by atoms with van der Waals surface area (Å²) in [5, 5.41) is 13.4. The normalized spacial score (nSPS) is 10.6. The van der Waals surface area contributed by atoms with Gasteiger partial charge in [-0.15, -0.1) is 22.7 Å². The average Bonchev–Trinajstić information content (AvgIpc) is 3.21. The fourth-order valence-corrected chi connectivity index (χ4v) is 4.33. The number of pyridine rings is 1. The molecule has 0 aliphatic heterocycles. The molecule has 6 heteroatoms. The van der Waals surface area contributed by atoms with Gasteiger partial charge in [0.2, 0.25) is 0 Å². The summed E-state index contributed by atoms with van der Waals surface area (Å²) in [6.45, 7) is 1.00. The number of fused-ring (bicyclic) bond motifs is 1. The smallest absolute Gasteiger partial charge is 0.131 e. The third-order valence-electron chi connectivity index (χ3n) is 3.54. The molecule has 3 aromatic heterocycles. The number of hydrogen-bond donors (Lipinski definition) is 1. The minimum atomic E-state index is 0.167. The van der Waals surface area contributed by atoms with Crippen LogP contribution in [0.5, 0.6) is 0 Å². The summed E-state index contributed by atoms with van der Waals surface area (Å²) in [5.41, 5.74) is 2.84. The Labute approximate surface area is 154 Å². The van der Waals surface area contributed by atoms with E-state index in [1.54, 1.807) is 22.7 Å². The SMILES string of the molecule is CN(Cc1cccs1)c1cc(Cl)nc2c(C#CCCCO)csc12. The van der Waals surface area contributed by atoms with E-state index >= 15 is 0 Å². The van der Waals surface area contributed by atoms with Crippen LogP contribution in [0.1, 0.15) is 23.3 Å². The molecule has 3 nitrogen and oxygen atoms in total. The lowest BCUT2D eigenvalue weighted by Gasteiger charge is -2.19. The molecule has 3 aromatic rings. The van der Waals surface area contributed by atoms with Crippen molar-refractivity contribution in [3.05, 3.63) is 44.6 Å². The van der Waals surface area contributed by atoms with Gasteiger partial charge in [-0.3, -0.25) is 0 Å². The van der Waals surface area contributed by atoms with Gasteiger partial charge >= 0.3 is 0 Å². The molecule has 0 aliphatic rings. The minimum absolute atomic E-state index is 0.167. The monoisotopic (exact) mass is 376 g/mol. The van der Waals surface area contributed by atoms with E-state index in [-0.39, 0.29) is 6.61 Å². The zero-order chi connectivity index (χ0) is 16.9. The molecule has 0 saturated heterocycles. The first-order valence-corrected chi connectivity index (χ1v) is 9.73. The van der Waals surface area contributed by atoms with Crippen molar-refractivity contribution in [3.63, 3.8) is 0 Å². The second kappa shape index (κ2) is 8.00. The number of anilines is 1. The van der Waals surface area contributed by atoms with Gasteiger partial charge in [0.25, 0.3) is 0 Å². The van der Waals surface area contributed by atoms with Gasteiger partial charge < -0.3 is 10.0 Å². The van der Waals surface area contributed by atoms with Crippen molar-refractivity contribution < 1.29 is 5.11 Å². The van der Waals surface area contributed by atoms with Crippen molar-refractivity contribution in [1.82, 2.24) is 4.98 Å². The van der Waals surface area contributed by atoms with Gasteiger partial charge in [-0.05, 0) is 17.9 Å². The summed E-state index contributed by atoms with van der Waals surface area (Å²) in [4.78, 5) is 7.97. The van der Waals surface area contributed by atoms with Crippen LogP contribution in [0.4, 0.5) is 5.69 Å². The summed E-state index contributed by atoms with van der Waals surface area (Å²) in [6.07, 6.45) is 1.37. The highest BCUT2D eigenvalue weighted by Gasteiger charge is 2.14. The van der Waals surface area contributed by atoms with Crippen molar-refractivity contribution in [2.75, 3.05) is 18.6 Å². The lowest BCUT2D eigenvalue weighted by atomic mass is 10.2. The molecule has 124 valence electrons. The van der Waals surface area contributed by atoms with Crippen molar-refractivity contribution in [1.29, 1.82) is 0 Å². The summed E-state index contributed by atoms with van der Waals surface area (Å²) in [5.74, 6) is 6.24. The van der Waals surface area contributed by atoms with Crippen molar-refractivity contribution in [2.45, 2.75) is 19.4 Å². The number of aliphatic hydroxyl groups is 1. The Bertz CT molecular complexity index is 878. The van der Waals surface area contributed by atoms with E-state index in [4.69, 9.17) is 16.7 Å². The second-order valence-corrected chi connectivity index (χ2v) is 7.65. The number of unbranched alkanes of at least 4 members (excludes halogenated alkanes) is 1. The Morgan fingerprint density at radius 2 is 2.25 bits per heavy atom. The Morgan fingerprint density at radius 1 is 1.38 bits per heavy atom. The largest absolute Gasteiger partial charge is 0.396 e. The summed E-state index contributed by atoms with van der Waals surface area (Å²) in [7, 11) is 2.07. The third-order valence-corrected chi connectivity index (χ3v) is 5.59. The molecule has 0 aliphatic carbocycles. The number of aromatic nitrogens is 1. The topological polar surface area (TPSA) is 36.4 Å². The lowest BCUT2D eigenvalue weighted by molar-refractivity contribution is 0.290. The molecule has 0 radical (unpaired) electrons. The van der Waals surface area contributed by atoms with Gasteiger partial charge in [0, 0.05) is 36.4 Å². The van der Waals surface area contributed by atoms with Crippen LogP contribution < -0.4 is 4.90 Å². The van der Waals surface area contributed by atoms with Crippen LogP contribution in [0.2, 0.25) is 5.15 Å². The zero-order valence-electron chi connectivity index (χ0n) is 13.3. The van der Waals surface area contributed by atoms with Gasteiger partial charge in [0.1, 0.15) is 10.7 Å². The molecule has 0 saturated carbocycles. The third kappa shape index (κ3) is 3.90. The molecule has 0 fully saturated rings. The quantitative estimate of drug-likeness (QED) is 0.396. The fraction of sp³-hybridized carbons (Fsp3) is 0.278. The van der Waals surface area contributed by atoms with Gasteiger partial charge in [0.15, 0.2) is 0 Å². The van der Waals surface area contributed by atoms with E-state index in [0.29, 0.717) is 18.0 Å². The lowest BCUT2D eigenvalue weighted by Crippen LogP contribution is -2.15. The van der Waals surface area contributed by atoms with Crippen molar-refractivity contribution >= 4 is 50.2 Å². The Kier molecular flexibility index (Phi) is 5.75. The molecular formula is C18H17ClN2OS2. The number of aliphatic hydroxyl groups excluding tert-OH is 1. The first-order valence-electron chi connectivity index (χ1n) is 7.60. The van der Waals surface area contributed by atoms with Crippen LogP contribution in [0.25, 0.3) is 10.2 Å². The predicted octanol–water partition coefficient (Wildman–Crippen LogP) is 4.77. The number of halogens is 1. The van der Waals surface area contributed by atoms with E-state index in [9.17, 15) is 0 Å². The summed E-state index contributed by atoms with van der Waals surface area (Å²) < 4.78 is 1.10. The maximum Gasteiger partial charge on any atom is 0.131 e. The molecule has 24 heavy (non-hydrogen) atoms. The van der Waals surface area contributed by atoms with Crippen LogP contribution in [-0.2, 0) is 6.54 Å². The molecule has 0 bridgehead atoms. The molecule has 3 heterocycles. The molecule has 0 amide bonds. The van der Waals surface area contributed by atoms with Crippen LogP contribution in [0.15, 0.2) is 29.0 Å². The Hall–Kier alpha value is -1.58. The maximum absolute atomic E-state index is 8.83. The highest BCUT2D eigenvalue weighted by Crippen LogP contribution is 2.35. The molecule has 0 spiro atoms. The molecule has 1 N–H and O–H groups in total. The standard InChI is InChI=1S/C18H17ClN2OS2/c1-21(11-14-7-5-9-23-14)15-10-16(19)20-17-13(12-24-18(15)17)6-3-2-4-8-22/h5,7,9-10,12,22H,2,4,8,11H2,1H3. The summed E-state index contributed by atoms with van der Waals surface area (Å²) >= 11 is 9.64. The molecule has 0 aromatic carbocycles. The summed E-state index contributed by atoms with van der Waals surface area (Å²) in [6, 6.07) is 6.11. The average molecular weight is 377 g/mol. The minimum Gasteiger partial charge on any atom is -0.396 e. The van der Waals surface area contributed by atoms with Crippen LogP contribution in [0.3, 0.4) is 0 Å². The van der Waals surface area contributed by atoms with Crippen molar-refractivity contribution in [2.24, 2.45) is 0 Å². The molecule has 3 rings (SSSR count). The van der Waals surface area contributed by atoms with Crippen molar-refractivity contribution in [3.8, 4) is 11.8 Å². The van der Waals surface area contributed by atoms with Crippen LogP contribution in [0, 0.1) is 11.8 Å². The van der Waals surface area contributed by atoms with Gasteiger partial charge in [-0.25, -0.2) is 4.98 Å². The predicted molar refractivity (Wildman–Crippen MR) is 104 cm³/mol. The van der Waals surface area contributed by atoms with Crippen LogP contribution in [-0.4, -0.2) is 23.7 Å². The maximum atomic E-state index is 8.83. The highest BCUT2D eigenvalue weighted by molar-refractivity contribution is 7.18. The first kappa shape index (κ1) is 17.2. The van der Waals surface area contributed by atoms with E-state index < -0.39 is 0 Å².